The summed E-state index contributed by atoms with van der Waals surface area (Å²) in [7, 11) is 7.13. The number of para-hydroxylation sites is 1. The Morgan fingerprint density at radius 1 is 1.06 bits per heavy atom. The highest BCUT2D eigenvalue weighted by Crippen LogP contribution is 2.42. The summed E-state index contributed by atoms with van der Waals surface area (Å²) < 4.78 is 17.0. The van der Waals surface area contributed by atoms with E-state index in [1.165, 1.54) is 0 Å². The van der Waals surface area contributed by atoms with E-state index in [1.807, 2.05) is 20.2 Å². The number of methoxy groups -OCH3 is 2. The van der Waals surface area contributed by atoms with Crippen LogP contribution in [0.4, 0.5) is 0 Å². The number of benzene rings is 2. The molecule has 0 saturated heterocycles. The van der Waals surface area contributed by atoms with Crippen molar-refractivity contribution in [2.75, 3.05) is 41.4 Å². The smallest absolute Gasteiger partial charge is 0.290 e. The first-order chi connectivity index (χ1) is 15.0. The molecule has 0 spiro atoms. The van der Waals surface area contributed by atoms with Gasteiger partial charge < -0.3 is 23.7 Å². The molecule has 1 aliphatic rings. The third kappa shape index (κ3) is 3.65. The van der Waals surface area contributed by atoms with E-state index in [9.17, 15) is 9.59 Å². The molecule has 7 heteroatoms. The van der Waals surface area contributed by atoms with Crippen molar-refractivity contribution in [2.24, 2.45) is 0 Å². The maximum atomic E-state index is 13.5. The van der Waals surface area contributed by atoms with Crippen LogP contribution in [-0.4, -0.2) is 57.1 Å². The van der Waals surface area contributed by atoms with E-state index in [0.717, 1.165) is 13.0 Å². The second-order valence-corrected chi connectivity index (χ2v) is 7.84. The minimum atomic E-state index is -0.615. The lowest BCUT2D eigenvalue weighted by atomic mass is 9.97. The molecule has 1 atom stereocenters. The average molecular weight is 422 g/mol. The van der Waals surface area contributed by atoms with Crippen LogP contribution in [0, 0.1) is 0 Å². The first-order valence-corrected chi connectivity index (χ1v) is 10.2. The van der Waals surface area contributed by atoms with Gasteiger partial charge in [0.15, 0.2) is 5.43 Å². The topological polar surface area (TPSA) is 72.2 Å². The van der Waals surface area contributed by atoms with Gasteiger partial charge in [0.2, 0.25) is 5.76 Å². The fourth-order valence-corrected chi connectivity index (χ4v) is 4.13. The van der Waals surface area contributed by atoms with E-state index in [1.54, 1.807) is 55.5 Å². The zero-order chi connectivity index (χ0) is 22.1. The third-order valence-corrected chi connectivity index (χ3v) is 5.61. The van der Waals surface area contributed by atoms with E-state index in [2.05, 4.69) is 4.90 Å². The summed E-state index contributed by atoms with van der Waals surface area (Å²) in [6.45, 7) is 1.29. The molecular formula is C24H26N2O5. The largest absolute Gasteiger partial charge is 0.497 e. The molecule has 0 unspecified atom stereocenters. The van der Waals surface area contributed by atoms with Gasteiger partial charge in [-0.1, -0.05) is 12.1 Å². The molecule has 3 aromatic rings. The Morgan fingerprint density at radius 2 is 1.84 bits per heavy atom. The zero-order valence-electron chi connectivity index (χ0n) is 18.2. The standard InChI is InChI=1S/C24H26N2O5/c1-25(2)12-7-13-26-21(17-14-15(29-3)10-11-18(17)30-4)20-22(27)16-8-5-6-9-19(16)31-23(20)24(26)28/h5-6,8-11,14,21H,7,12-13H2,1-4H3/t21-/m0/s1. The molecule has 162 valence electrons. The lowest BCUT2D eigenvalue weighted by Crippen LogP contribution is -2.32. The van der Waals surface area contributed by atoms with Crippen molar-refractivity contribution < 1.29 is 18.7 Å². The molecule has 0 bridgehead atoms. The number of rotatable bonds is 7. The monoisotopic (exact) mass is 422 g/mol. The molecule has 1 aliphatic heterocycles. The van der Waals surface area contributed by atoms with Crippen LogP contribution in [-0.2, 0) is 0 Å². The molecule has 31 heavy (non-hydrogen) atoms. The van der Waals surface area contributed by atoms with Crippen molar-refractivity contribution in [3.63, 3.8) is 0 Å². The molecule has 7 nitrogen and oxygen atoms in total. The molecule has 1 amide bonds. The third-order valence-electron chi connectivity index (χ3n) is 5.61. The number of amides is 1. The van der Waals surface area contributed by atoms with Gasteiger partial charge in [-0.25, -0.2) is 0 Å². The van der Waals surface area contributed by atoms with Crippen molar-refractivity contribution in [3.8, 4) is 11.5 Å². The van der Waals surface area contributed by atoms with Gasteiger partial charge in [0.25, 0.3) is 5.91 Å². The lowest BCUT2D eigenvalue weighted by molar-refractivity contribution is 0.0720. The maximum Gasteiger partial charge on any atom is 0.290 e. The van der Waals surface area contributed by atoms with Crippen LogP contribution in [0.3, 0.4) is 0 Å². The van der Waals surface area contributed by atoms with Gasteiger partial charge in [0.05, 0.1) is 31.2 Å². The molecule has 1 aromatic heterocycles. The van der Waals surface area contributed by atoms with Crippen molar-refractivity contribution in [1.82, 2.24) is 9.80 Å². The minimum Gasteiger partial charge on any atom is -0.497 e. The molecule has 2 aromatic carbocycles. The average Bonchev–Trinajstić information content (AvgIpc) is 3.05. The number of carbonyl (C=O) groups is 1. The fourth-order valence-electron chi connectivity index (χ4n) is 4.13. The minimum absolute atomic E-state index is 0.100. The van der Waals surface area contributed by atoms with Gasteiger partial charge in [0.1, 0.15) is 17.1 Å². The van der Waals surface area contributed by atoms with Crippen LogP contribution >= 0.6 is 0 Å². The highest BCUT2D eigenvalue weighted by atomic mass is 16.5. The van der Waals surface area contributed by atoms with Crippen molar-refractivity contribution in [3.05, 3.63) is 69.6 Å². The van der Waals surface area contributed by atoms with E-state index in [0.29, 0.717) is 40.1 Å². The summed E-state index contributed by atoms with van der Waals surface area (Å²) in [6, 6.07) is 11.8. The maximum absolute atomic E-state index is 13.5. The Hall–Kier alpha value is -3.32. The Labute approximate surface area is 180 Å². The van der Waals surface area contributed by atoms with Gasteiger partial charge in [0, 0.05) is 12.1 Å². The predicted molar refractivity (Wildman–Crippen MR) is 118 cm³/mol. The van der Waals surface area contributed by atoms with Gasteiger partial charge in [-0.05, 0) is 57.4 Å². The summed E-state index contributed by atoms with van der Waals surface area (Å²) >= 11 is 0. The van der Waals surface area contributed by atoms with Gasteiger partial charge in [-0.2, -0.15) is 0 Å². The number of fused-ring (bicyclic) bond motifs is 2. The highest BCUT2D eigenvalue weighted by molar-refractivity contribution is 5.99. The Morgan fingerprint density at radius 3 is 2.55 bits per heavy atom. The molecule has 2 heterocycles. The van der Waals surface area contributed by atoms with Crippen LogP contribution in [0.1, 0.15) is 34.1 Å². The Balaban J connectivity index is 1.93. The van der Waals surface area contributed by atoms with Crippen LogP contribution in [0.2, 0.25) is 0 Å². The quantitative estimate of drug-likeness (QED) is 0.582. The summed E-state index contributed by atoms with van der Waals surface area (Å²) in [6.07, 6.45) is 0.753. The summed E-state index contributed by atoms with van der Waals surface area (Å²) in [5.41, 5.74) is 1.25. The van der Waals surface area contributed by atoms with Crippen molar-refractivity contribution >= 4 is 16.9 Å². The number of nitrogens with zero attached hydrogens (tertiary/aromatic N) is 2. The molecule has 0 N–H and O–H groups in total. The first kappa shape index (κ1) is 20.9. The molecule has 0 fully saturated rings. The first-order valence-electron chi connectivity index (χ1n) is 10.2. The summed E-state index contributed by atoms with van der Waals surface area (Å²) in [5, 5.41) is 0.455. The molecular weight excluding hydrogens is 396 g/mol. The molecule has 4 rings (SSSR count). The van der Waals surface area contributed by atoms with Crippen LogP contribution in [0.25, 0.3) is 11.0 Å². The number of hydrogen-bond donors (Lipinski definition) is 0. The normalized spacial score (nSPS) is 15.6. The van der Waals surface area contributed by atoms with Crippen molar-refractivity contribution in [1.29, 1.82) is 0 Å². The number of carbonyl (C=O) groups excluding carboxylic acids is 1. The number of ether oxygens (including phenoxy) is 2. The van der Waals surface area contributed by atoms with Crippen molar-refractivity contribution in [2.45, 2.75) is 12.5 Å². The van der Waals surface area contributed by atoms with Gasteiger partial charge >= 0.3 is 0 Å². The van der Waals surface area contributed by atoms with Crippen LogP contribution < -0.4 is 14.9 Å². The highest BCUT2D eigenvalue weighted by Gasteiger charge is 2.43. The summed E-state index contributed by atoms with van der Waals surface area (Å²) in [5.74, 6) is 1.02. The second kappa shape index (κ2) is 8.43. The van der Waals surface area contributed by atoms with E-state index < -0.39 is 6.04 Å². The fraction of sp³-hybridized carbons (Fsp3) is 0.333. The van der Waals surface area contributed by atoms with Gasteiger partial charge in [-0.3, -0.25) is 9.59 Å². The molecule has 0 aliphatic carbocycles. The van der Waals surface area contributed by atoms with E-state index >= 15 is 0 Å². The van der Waals surface area contributed by atoms with Crippen LogP contribution in [0.15, 0.2) is 51.7 Å². The zero-order valence-corrected chi connectivity index (χ0v) is 18.2. The Bertz CT molecular complexity index is 1180. The molecule has 0 saturated carbocycles. The summed E-state index contributed by atoms with van der Waals surface area (Å²) in [4.78, 5) is 30.7. The van der Waals surface area contributed by atoms with Gasteiger partial charge in [-0.15, -0.1) is 0 Å². The van der Waals surface area contributed by atoms with E-state index in [-0.39, 0.29) is 17.1 Å². The predicted octanol–water partition coefficient (Wildman–Crippen LogP) is 3.31. The van der Waals surface area contributed by atoms with E-state index in [4.69, 9.17) is 13.9 Å². The second-order valence-electron chi connectivity index (χ2n) is 7.84. The lowest BCUT2D eigenvalue weighted by Gasteiger charge is -2.27. The SMILES string of the molecule is COc1ccc(OC)c([C@H]2c3c(oc4ccccc4c3=O)C(=O)N2CCCN(C)C)c1. The number of hydrogen-bond acceptors (Lipinski definition) is 6. The van der Waals surface area contributed by atoms with Crippen LogP contribution in [0.5, 0.6) is 11.5 Å². The molecule has 0 radical (unpaired) electrons. The Kier molecular flexibility index (Phi) is 5.69.